The molecule has 11 heteroatoms. The zero-order valence-electron chi connectivity index (χ0n) is 23.9. The first kappa shape index (κ1) is 28.9. The molecule has 5 fully saturated rings. The normalized spacial score (nSPS) is 46.7. The first-order chi connectivity index (χ1) is 19.4. The Bertz CT molecular complexity index is 1190. The number of halogens is 2. The summed E-state index contributed by atoms with van der Waals surface area (Å²) in [7, 11) is 0. The van der Waals surface area contributed by atoms with Gasteiger partial charge in [-0.3, -0.25) is 9.59 Å². The average molecular weight is 579 g/mol. The lowest BCUT2D eigenvalue weighted by atomic mass is 9.44. The van der Waals surface area contributed by atoms with Gasteiger partial charge in [0.2, 0.25) is 5.78 Å². The Balaban J connectivity index is 1.35. The second-order valence-electron chi connectivity index (χ2n) is 13.0. The van der Waals surface area contributed by atoms with Gasteiger partial charge in [0.15, 0.2) is 29.9 Å². The van der Waals surface area contributed by atoms with Crippen LogP contribution < -0.4 is 5.32 Å². The quantitative estimate of drug-likeness (QED) is 0.512. The molecule has 3 saturated carbocycles. The minimum Gasteiger partial charge on any atom is -0.441 e. The molecule has 6 rings (SSSR count). The molecule has 2 heterocycles. The summed E-state index contributed by atoms with van der Waals surface area (Å²) >= 11 is 0. The van der Waals surface area contributed by atoms with Gasteiger partial charge >= 0.3 is 6.09 Å². The van der Waals surface area contributed by atoms with Gasteiger partial charge in [0.25, 0.3) is 0 Å². The summed E-state index contributed by atoms with van der Waals surface area (Å²) in [6.45, 7) is 6.95. The zero-order valence-corrected chi connectivity index (χ0v) is 23.9. The van der Waals surface area contributed by atoms with Crippen molar-refractivity contribution in [3.05, 3.63) is 23.8 Å². The second-order valence-corrected chi connectivity index (χ2v) is 13.0. The van der Waals surface area contributed by atoms with Crippen LogP contribution in [0.3, 0.4) is 0 Å². The molecule has 0 radical (unpaired) electrons. The standard InChI is InChI=1S/C30H40F2N2O7/c1-4-5-25-40-24-14-18-19-13-21(31)20-12-17(35)6-7-27(20,2)29(19,32)22(36)15-28(18,3)30(24,41-25)23(37)16-39-26(38)34-10-8-33-9-11-34/h6-7,12,18-19,21-22,24-25,33,36H,4-5,8-11,13-16H2,1-3H3/t18-,19-,21-,22-,24+,25?,27-,28-,29-,30+/m0/s1. The molecule has 6 aliphatic rings. The molecule has 0 spiro atoms. The molecular formula is C30H40F2N2O7. The number of Topliss-reactive ketones (excluding diaryl/α,β-unsaturated/α-hetero) is 1. The Morgan fingerprint density at radius 3 is 2.66 bits per heavy atom. The lowest BCUT2D eigenvalue weighted by molar-refractivity contribution is -0.234. The Morgan fingerprint density at radius 2 is 1.95 bits per heavy atom. The number of allylic oxidation sites excluding steroid dienone is 4. The number of piperazine rings is 1. The van der Waals surface area contributed by atoms with E-state index in [9.17, 15) is 19.5 Å². The van der Waals surface area contributed by atoms with Crippen molar-refractivity contribution in [2.45, 2.75) is 88.8 Å². The fraction of sp³-hybridized carbons (Fsp3) is 0.767. The highest BCUT2D eigenvalue weighted by Crippen LogP contribution is 2.72. The van der Waals surface area contributed by atoms with Crippen LogP contribution in [0.5, 0.6) is 0 Å². The molecule has 9 nitrogen and oxygen atoms in total. The number of nitrogens with one attached hydrogen (secondary N) is 1. The van der Waals surface area contributed by atoms with E-state index in [1.807, 2.05) is 6.92 Å². The fourth-order valence-electron chi connectivity index (χ4n) is 9.06. The van der Waals surface area contributed by atoms with Crippen molar-refractivity contribution in [1.29, 1.82) is 0 Å². The largest absolute Gasteiger partial charge is 0.441 e. The molecule has 0 aromatic rings. The van der Waals surface area contributed by atoms with E-state index in [2.05, 4.69) is 5.32 Å². The zero-order chi connectivity index (χ0) is 29.4. The molecule has 0 aromatic carbocycles. The molecule has 226 valence electrons. The molecule has 2 aliphatic heterocycles. The summed E-state index contributed by atoms with van der Waals surface area (Å²) in [4.78, 5) is 40.5. The maximum absolute atomic E-state index is 17.5. The molecule has 4 aliphatic carbocycles. The smallest absolute Gasteiger partial charge is 0.410 e. The van der Waals surface area contributed by atoms with Gasteiger partial charge in [0.1, 0.15) is 6.17 Å². The van der Waals surface area contributed by atoms with E-state index in [0.717, 1.165) is 12.5 Å². The van der Waals surface area contributed by atoms with E-state index in [1.54, 1.807) is 13.8 Å². The molecule has 41 heavy (non-hydrogen) atoms. The van der Waals surface area contributed by atoms with Crippen molar-refractivity contribution in [3.8, 4) is 0 Å². The number of aliphatic hydroxyl groups is 1. The number of carbonyl (C=O) groups excluding carboxylic acids is 3. The van der Waals surface area contributed by atoms with E-state index in [1.165, 1.54) is 17.1 Å². The number of amides is 1. The van der Waals surface area contributed by atoms with Crippen LogP contribution in [0.2, 0.25) is 0 Å². The van der Waals surface area contributed by atoms with E-state index in [-0.39, 0.29) is 24.8 Å². The Kier molecular flexibility index (Phi) is 6.99. The fourth-order valence-corrected chi connectivity index (χ4v) is 9.06. The highest BCUT2D eigenvalue weighted by molar-refractivity contribution is 6.01. The summed E-state index contributed by atoms with van der Waals surface area (Å²) in [5.74, 6) is -2.44. The molecule has 1 unspecified atom stereocenters. The summed E-state index contributed by atoms with van der Waals surface area (Å²) in [5, 5.41) is 14.8. The molecule has 2 N–H and O–H groups in total. The van der Waals surface area contributed by atoms with Crippen LogP contribution >= 0.6 is 0 Å². The number of ether oxygens (including phenoxy) is 3. The summed E-state index contributed by atoms with van der Waals surface area (Å²) in [6, 6.07) is 0. The van der Waals surface area contributed by atoms with Crippen LogP contribution in [-0.4, -0.2) is 96.4 Å². The average Bonchev–Trinajstić information content (AvgIpc) is 3.43. The Labute approximate surface area is 238 Å². The van der Waals surface area contributed by atoms with E-state index in [0.29, 0.717) is 32.6 Å². The van der Waals surface area contributed by atoms with E-state index >= 15 is 8.78 Å². The molecule has 2 saturated heterocycles. The summed E-state index contributed by atoms with van der Waals surface area (Å²) < 4.78 is 51.5. The number of aliphatic hydroxyl groups excluding tert-OH is 1. The van der Waals surface area contributed by atoms with Crippen molar-refractivity contribution in [1.82, 2.24) is 10.2 Å². The van der Waals surface area contributed by atoms with Gasteiger partial charge < -0.3 is 29.5 Å². The highest BCUT2D eigenvalue weighted by atomic mass is 19.1. The van der Waals surface area contributed by atoms with Crippen LogP contribution in [0, 0.1) is 22.7 Å². The second kappa shape index (κ2) is 9.92. The highest BCUT2D eigenvalue weighted by Gasteiger charge is 2.80. The molecule has 1 amide bonds. The molecule has 0 bridgehead atoms. The maximum Gasteiger partial charge on any atom is 0.410 e. The third-order valence-electron chi connectivity index (χ3n) is 11.1. The number of ketones is 2. The van der Waals surface area contributed by atoms with Crippen LogP contribution in [0.1, 0.15) is 52.9 Å². The summed E-state index contributed by atoms with van der Waals surface area (Å²) in [5.41, 5.74) is -6.46. The van der Waals surface area contributed by atoms with Crippen molar-refractivity contribution < 1.29 is 42.5 Å². The number of hydrogen-bond donors (Lipinski definition) is 2. The molecule has 0 aromatic heterocycles. The number of carbonyl (C=O) groups is 3. The van der Waals surface area contributed by atoms with Gasteiger partial charge in [-0.2, -0.15) is 0 Å². The predicted octanol–water partition coefficient (Wildman–Crippen LogP) is 2.81. The number of hydrogen-bond acceptors (Lipinski definition) is 8. The monoisotopic (exact) mass is 578 g/mol. The number of alkyl halides is 2. The van der Waals surface area contributed by atoms with Gasteiger partial charge in [-0.1, -0.05) is 26.3 Å². The van der Waals surface area contributed by atoms with Gasteiger partial charge in [0, 0.05) is 42.9 Å². The van der Waals surface area contributed by atoms with Crippen molar-refractivity contribution in [2.24, 2.45) is 22.7 Å². The number of rotatable bonds is 5. The lowest BCUT2D eigenvalue weighted by Crippen LogP contribution is -2.71. The van der Waals surface area contributed by atoms with Gasteiger partial charge in [-0.25, -0.2) is 13.6 Å². The SMILES string of the molecule is CCCC1O[C@@H]2C[C@H]3[C@@H]4C[C@H](F)C5=CC(=O)C=C[C@]5(C)[C@@]4(F)[C@@H](O)C[C@]3(C)[C@]2(C(=O)COC(=O)N2CCNCC2)O1. The first-order valence-corrected chi connectivity index (χ1v) is 14.9. The Hall–Kier alpha value is -2.21. The third kappa shape index (κ3) is 3.87. The van der Waals surface area contributed by atoms with Gasteiger partial charge in [-0.15, -0.1) is 0 Å². The number of nitrogens with zero attached hydrogens (tertiary/aromatic N) is 1. The van der Waals surface area contributed by atoms with Crippen molar-refractivity contribution in [2.75, 3.05) is 32.8 Å². The third-order valence-corrected chi connectivity index (χ3v) is 11.1. The van der Waals surface area contributed by atoms with Crippen LogP contribution in [-0.2, 0) is 23.8 Å². The number of fused-ring (bicyclic) bond motifs is 7. The van der Waals surface area contributed by atoms with E-state index < -0.39 is 82.9 Å². The van der Waals surface area contributed by atoms with Crippen LogP contribution in [0.25, 0.3) is 0 Å². The van der Waals surface area contributed by atoms with Gasteiger partial charge in [0.05, 0.1) is 12.2 Å². The van der Waals surface area contributed by atoms with Crippen molar-refractivity contribution in [3.63, 3.8) is 0 Å². The first-order valence-electron chi connectivity index (χ1n) is 14.9. The van der Waals surface area contributed by atoms with Crippen molar-refractivity contribution >= 4 is 17.7 Å². The van der Waals surface area contributed by atoms with Crippen LogP contribution in [0.4, 0.5) is 13.6 Å². The molecular weight excluding hydrogens is 538 g/mol. The van der Waals surface area contributed by atoms with Gasteiger partial charge in [-0.05, 0) is 56.3 Å². The maximum atomic E-state index is 17.5. The minimum atomic E-state index is -2.27. The molecule has 10 atom stereocenters. The van der Waals surface area contributed by atoms with E-state index in [4.69, 9.17) is 14.2 Å². The minimum absolute atomic E-state index is 0.0470. The Morgan fingerprint density at radius 1 is 1.22 bits per heavy atom. The predicted molar refractivity (Wildman–Crippen MR) is 142 cm³/mol. The van der Waals surface area contributed by atoms with Crippen LogP contribution in [0.15, 0.2) is 23.8 Å². The lowest BCUT2D eigenvalue weighted by Gasteiger charge is -2.63. The topological polar surface area (TPSA) is 114 Å². The summed E-state index contributed by atoms with van der Waals surface area (Å²) in [6.07, 6.45) is -0.267.